The van der Waals surface area contributed by atoms with Crippen molar-refractivity contribution < 1.29 is 24.2 Å². The minimum atomic E-state index is -0.771. The number of rotatable bonds is 6. The number of hydrogen-bond acceptors (Lipinski definition) is 6. The zero-order valence-electron chi connectivity index (χ0n) is 17.8. The number of morpholine rings is 1. The van der Waals surface area contributed by atoms with Crippen LogP contribution in [0.25, 0.3) is 5.76 Å². The van der Waals surface area contributed by atoms with Crippen LogP contribution in [0.5, 0.6) is 5.75 Å². The van der Waals surface area contributed by atoms with Crippen LogP contribution in [0.3, 0.4) is 0 Å². The molecule has 32 heavy (non-hydrogen) atoms. The van der Waals surface area contributed by atoms with Gasteiger partial charge < -0.3 is 19.5 Å². The largest absolute Gasteiger partial charge is 0.507 e. The molecule has 0 aromatic heterocycles. The first-order valence-corrected chi connectivity index (χ1v) is 10.9. The second-order valence-electron chi connectivity index (χ2n) is 7.70. The van der Waals surface area contributed by atoms with Crippen molar-refractivity contribution in [1.82, 2.24) is 9.80 Å². The molecule has 0 radical (unpaired) electrons. The topological polar surface area (TPSA) is 79.3 Å². The highest BCUT2D eigenvalue weighted by Gasteiger charge is 2.46. The average Bonchev–Trinajstić information content (AvgIpc) is 3.08. The molecule has 0 bridgehead atoms. The van der Waals surface area contributed by atoms with Crippen LogP contribution in [-0.4, -0.2) is 73.1 Å². The number of ketones is 1. The van der Waals surface area contributed by atoms with Crippen LogP contribution in [0.1, 0.15) is 17.2 Å². The predicted octanol–water partition coefficient (Wildman–Crippen LogP) is 3.10. The van der Waals surface area contributed by atoms with E-state index in [1.54, 1.807) is 55.6 Å². The first-order chi connectivity index (χ1) is 15.5. The highest BCUT2D eigenvalue weighted by molar-refractivity contribution is 6.47. The summed E-state index contributed by atoms with van der Waals surface area (Å²) in [6.07, 6.45) is 0. The molecule has 2 aromatic carbocycles. The van der Waals surface area contributed by atoms with Gasteiger partial charge in [0.25, 0.3) is 11.7 Å². The summed E-state index contributed by atoms with van der Waals surface area (Å²) in [6, 6.07) is 13.0. The number of amides is 1. The van der Waals surface area contributed by atoms with Crippen molar-refractivity contribution >= 4 is 29.1 Å². The summed E-state index contributed by atoms with van der Waals surface area (Å²) in [6.45, 7) is 3.76. The molecule has 7 nitrogen and oxygen atoms in total. The van der Waals surface area contributed by atoms with E-state index in [2.05, 4.69) is 4.90 Å². The van der Waals surface area contributed by atoms with Gasteiger partial charge >= 0.3 is 0 Å². The number of aliphatic hydroxyl groups is 1. The molecule has 2 fully saturated rings. The number of carbonyl (C=O) groups is 2. The standard InChI is InChI=1S/C24H25ClN2O5/c1-31-17-8-6-16(7-9-17)22(28)20-21(18-4-2-3-5-19(18)25)27(24(30)23(20)29)11-10-26-12-14-32-15-13-26/h2-9,21,28H,10-15H2,1H3/b22-20+/t21-/m0/s1. The lowest BCUT2D eigenvalue weighted by Crippen LogP contribution is -2.42. The molecule has 0 spiro atoms. The van der Waals surface area contributed by atoms with Gasteiger partial charge in [0.15, 0.2) is 0 Å². The van der Waals surface area contributed by atoms with Gasteiger partial charge in [0.05, 0.1) is 31.9 Å². The van der Waals surface area contributed by atoms with Crippen molar-refractivity contribution in [3.63, 3.8) is 0 Å². The summed E-state index contributed by atoms with van der Waals surface area (Å²) in [5, 5.41) is 11.5. The van der Waals surface area contributed by atoms with Gasteiger partial charge in [-0.3, -0.25) is 14.5 Å². The normalized spacial score (nSPS) is 21.2. The van der Waals surface area contributed by atoms with Crippen molar-refractivity contribution in [1.29, 1.82) is 0 Å². The molecule has 0 aliphatic carbocycles. The monoisotopic (exact) mass is 456 g/mol. The molecule has 0 unspecified atom stereocenters. The SMILES string of the molecule is COc1ccc(/C(O)=C2\C(=O)C(=O)N(CCN3CCOCC3)[C@H]2c2ccccc2Cl)cc1. The number of methoxy groups -OCH3 is 1. The van der Waals surface area contributed by atoms with Crippen molar-refractivity contribution in [2.45, 2.75) is 6.04 Å². The number of benzene rings is 2. The molecule has 1 atom stereocenters. The quantitative estimate of drug-likeness (QED) is 0.409. The van der Waals surface area contributed by atoms with E-state index in [1.807, 2.05) is 0 Å². The smallest absolute Gasteiger partial charge is 0.295 e. The second-order valence-corrected chi connectivity index (χ2v) is 8.10. The number of likely N-dealkylation sites (tertiary alicyclic amines) is 1. The van der Waals surface area contributed by atoms with Gasteiger partial charge in [-0.15, -0.1) is 0 Å². The molecule has 8 heteroatoms. The minimum absolute atomic E-state index is 0.0373. The van der Waals surface area contributed by atoms with E-state index < -0.39 is 17.7 Å². The Morgan fingerprint density at radius 2 is 1.78 bits per heavy atom. The van der Waals surface area contributed by atoms with Gasteiger partial charge in [-0.1, -0.05) is 29.8 Å². The van der Waals surface area contributed by atoms with Crippen molar-refractivity contribution in [2.24, 2.45) is 0 Å². The Bertz CT molecular complexity index is 1030. The van der Waals surface area contributed by atoms with Gasteiger partial charge in [-0.05, 0) is 35.9 Å². The molecular formula is C24H25ClN2O5. The third-order valence-electron chi connectivity index (χ3n) is 5.86. The summed E-state index contributed by atoms with van der Waals surface area (Å²) in [4.78, 5) is 29.8. The van der Waals surface area contributed by atoms with E-state index >= 15 is 0 Å². The number of halogens is 1. The Kier molecular flexibility index (Phi) is 6.79. The van der Waals surface area contributed by atoms with Gasteiger partial charge in [0.2, 0.25) is 0 Å². The van der Waals surface area contributed by atoms with Crippen LogP contribution in [0, 0.1) is 0 Å². The molecule has 168 valence electrons. The van der Waals surface area contributed by atoms with Gasteiger partial charge in [-0.2, -0.15) is 0 Å². The third-order valence-corrected chi connectivity index (χ3v) is 6.21. The highest BCUT2D eigenvalue weighted by Crippen LogP contribution is 2.41. The average molecular weight is 457 g/mol. The summed E-state index contributed by atoms with van der Waals surface area (Å²) in [7, 11) is 1.55. The van der Waals surface area contributed by atoms with E-state index in [0.717, 1.165) is 13.1 Å². The first kappa shape index (κ1) is 22.3. The maximum Gasteiger partial charge on any atom is 0.295 e. The zero-order chi connectivity index (χ0) is 22.7. The molecule has 2 aliphatic heterocycles. The molecule has 2 aliphatic rings. The van der Waals surface area contributed by atoms with Crippen molar-refractivity contribution in [2.75, 3.05) is 46.5 Å². The Morgan fingerprint density at radius 1 is 1.09 bits per heavy atom. The molecule has 4 rings (SSSR count). The molecule has 1 N–H and O–H groups in total. The van der Waals surface area contributed by atoms with E-state index in [9.17, 15) is 14.7 Å². The first-order valence-electron chi connectivity index (χ1n) is 10.5. The van der Waals surface area contributed by atoms with Crippen LogP contribution in [0.15, 0.2) is 54.1 Å². The number of ether oxygens (including phenoxy) is 2. The third kappa shape index (κ3) is 4.37. The summed E-state index contributed by atoms with van der Waals surface area (Å²) in [5.41, 5.74) is 1.06. The molecule has 1 amide bonds. The Balaban J connectivity index is 1.74. The van der Waals surface area contributed by atoms with Gasteiger partial charge in [0, 0.05) is 36.8 Å². The van der Waals surface area contributed by atoms with Crippen molar-refractivity contribution in [3.8, 4) is 5.75 Å². The molecule has 2 saturated heterocycles. The van der Waals surface area contributed by atoms with Crippen LogP contribution in [0.2, 0.25) is 5.02 Å². The number of Topliss-reactive ketones (excluding diaryl/α,β-unsaturated/α-hetero) is 1. The van der Waals surface area contributed by atoms with Crippen LogP contribution < -0.4 is 4.74 Å². The van der Waals surface area contributed by atoms with Gasteiger partial charge in [-0.25, -0.2) is 0 Å². The van der Waals surface area contributed by atoms with E-state index in [4.69, 9.17) is 21.1 Å². The van der Waals surface area contributed by atoms with Crippen molar-refractivity contribution in [3.05, 3.63) is 70.3 Å². The number of nitrogens with zero attached hydrogens (tertiary/aromatic N) is 2. The molecular weight excluding hydrogens is 432 g/mol. The molecule has 0 saturated carbocycles. The van der Waals surface area contributed by atoms with E-state index in [1.165, 1.54) is 4.90 Å². The zero-order valence-corrected chi connectivity index (χ0v) is 18.5. The van der Waals surface area contributed by atoms with Crippen LogP contribution in [0.4, 0.5) is 0 Å². The maximum atomic E-state index is 13.1. The maximum absolute atomic E-state index is 13.1. The number of carbonyl (C=O) groups excluding carboxylic acids is 2. The lowest BCUT2D eigenvalue weighted by atomic mass is 9.95. The fourth-order valence-electron chi connectivity index (χ4n) is 4.11. The Hall–Kier alpha value is -2.87. The summed E-state index contributed by atoms with van der Waals surface area (Å²) in [5.74, 6) is -0.969. The lowest BCUT2D eigenvalue weighted by molar-refractivity contribution is -0.140. The van der Waals surface area contributed by atoms with E-state index in [-0.39, 0.29) is 11.3 Å². The van der Waals surface area contributed by atoms with Crippen LogP contribution in [-0.2, 0) is 14.3 Å². The Morgan fingerprint density at radius 3 is 2.44 bits per heavy atom. The predicted molar refractivity (Wildman–Crippen MR) is 121 cm³/mol. The summed E-state index contributed by atoms with van der Waals surface area (Å²) >= 11 is 6.47. The van der Waals surface area contributed by atoms with Gasteiger partial charge in [0.1, 0.15) is 11.5 Å². The number of aliphatic hydroxyl groups excluding tert-OH is 1. The molecule has 2 heterocycles. The molecule has 2 aromatic rings. The fourth-order valence-corrected chi connectivity index (χ4v) is 4.35. The van der Waals surface area contributed by atoms with Crippen LogP contribution >= 0.6 is 11.6 Å². The summed E-state index contributed by atoms with van der Waals surface area (Å²) < 4.78 is 10.6. The second kappa shape index (κ2) is 9.73. The van der Waals surface area contributed by atoms with E-state index in [0.29, 0.717) is 48.2 Å². The highest BCUT2D eigenvalue weighted by atomic mass is 35.5. The Labute approximate surface area is 191 Å². The number of hydrogen-bond donors (Lipinski definition) is 1. The minimum Gasteiger partial charge on any atom is -0.507 e. The lowest BCUT2D eigenvalue weighted by Gasteiger charge is -2.31. The fraction of sp³-hybridized carbons (Fsp3) is 0.333.